The van der Waals surface area contributed by atoms with Crippen molar-refractivity contribution in [3.05, 3.63) is 0 Å². The Morgan fingerprint density at radius 2 is 1.88 bits per heavy atom. The first-order valence-electron chi connectivity index (χ1n) is 7.13. The highest BCUT2D eigenvalue weighted by Crippen LogP contribution is 2.68. The van der Waals surface area contributed by atoms with Crippen LogP contribution in [0.5, 0.6) is 0 Å². The molecule has 1 nitrogen and oxygen atoms in total. The van der Waals surface area contributed by atoms with E-state index in [0.29, 0.717) is 17.4 Å². The normalized spacial score (nSPS) is 56.1. The molecule has 0 heterocycles. The summed E-state index contributed by atoms with van der Waals surface area (Å²) < 4.78 is 0. The van der Waals surface area contributed by atoms with Gasteiger partial charge < -0.3 is 5.11 Å². The molecule has 0 radical (unpaired) electrons. The lowest BCUT2D eigenvalue weighted by molar-refractivity contribution is -0.0592. The number of hydrogen-bond donors (Lipinski definition) is 1. The van der Waals surface area contributed by atoms with Gasteiger partial charge in [-0.3, -0.25) is 0 Å². The Hall–Kier alpha value is -0.0400. The molecule has 4 atom stereocenters. The average molecular weight is 222 g/mol. The van der Waals surface area contributed by atoms with Crippen molar-refractivity contribution in [2.24, 2.45) is 22.2 Å². The zero-order chi connectivity index (χ0) is 11.4. The predicted octanol–water partition coefficient (Wildman–Crippen LogP) is 3.76. The summed E-state index contributed by atoms with van der Waals surface area (Å²) in [5.41, 5.74) is 1.52. The second-order valence-corrected chi connectivity index (χ2v) is 7.61. The lowest BCUT2D eigenvalue weighted by Crippen LogP contribution is -2.46. The van der Waals surface area contributed by atoms with Crippen molar-refractivity contribution in [1.29, 1.82) is 0 Å². The predicted molar refractivity (Wildman–Crippen MR) is 66.2 cm³/mol. The van der Waals surface area contributed by atoms with Gasteiger partial charge in [0, 0.05) is 6.61 Å². The number of aliphatic hydroxyl groups excluding tert-OH is 1. The van der Waals surface area contributed by atoms with E-state index in [2.05, 4.69) is 13.8 Å². The largest absolute Gasteiger partial charge is 0.396 e. The Bertz CT molecular complexity index is 300. The van der Waals surface area contributed by atoms with Gasteiger partial charge >= 0.3 is 0 Å². The highest BCUT2D eigenvalue weighted by molar-refractivity contribution is 5.09. The summed E-state index contributed by atoms with van der Waals surface area (Å²) >= 11 is 0. The van der Waals surface area contributed by atoms with Crippen LogP contribution in [0.4, 0.5) is 0 Å². The average Bonchev–Trinajstić information content (AvgIpc) is 2.51. The molecule has 3 fully saturated rings. The van der Waals surface area contributed by atoms with Gasteiger partial charge in [-0.2, -0.15) is 0 Å². The maximum absolute atomic E-state index is 9.72. The number of rotatable bonds is 1. The van der Waals surface area contributed by atoms with Crippen molar-refractivity contribution < 1.29 is 5.11 Å². The maximum Gasteiger partial charge on any atom is 0.0487 e. The van der Waals surface area contributed by atoms with Gasteiger partial charge in [0.05, 0.1) is 0 Å². The molecule has 0 aromatic carbocycles. The molecule has 3 aliphatic rings. The van der Waals surface area contributed by atoms with E-state index in [9.17, 15) is 5.11 Å². The van der Waals surface area contributed by atoms with Crippen molar-refractivity contribution in [1.82, 2.24) is 0 Å². The van der Waals surface area contributed by atoms with E-state index in [1.807, 2.05) is 0 Å². The van der Waals surface area contributed by atoms with Crippen molar-refractivity contribution in [3.8, 4) is 0 Å². The standard InChI is InChI=1S/C15H26O/c1-13-5-3-6-15(10-13)9-8-14(2,11-16)12(15)4-7-13/h12,16H,3-11H2,1-2H3/t12-,13-,14+,15+/m0/s1. The highest BCUT2D eigenvalue weighted by Gasteiger charge is 2.59. The molecule has 0 aromatic rings. The first-order chi connectivity index (χ1) is 7.52. The first kappa shape index (κ1) is 11.1. The van der Waals surface area contributed by atoms with Crippen LogP contribution >= 0.6 is 0 Å². The third-order valence-corrected chi connectivity index (χ3v) is 6.41. The molecule has 0 aliphatic heterocycles. The van der Waals surface area contributed by atoms with Gasteiger partial charge in [0.1, 0.15) is 0 Å². The summed E-state index contributed by atoms with van der Waals surface area (Å²) in [4.78, 5) is 0. The number of hydrogen-bond acceptors (Lipinski definition) is 1. The zero-order valence-electron chi connectivity index (χ0n) is 10.9. The van der Waals surface area contributed by atoms with Gasteiger partial charge in [0.25, 0.3) is 0 Å². The molecular weight excluding hydrogens is 196 g/mol. The van der Waals surface area contributed by atoms with Gasteiger partial charge in [-0.25, -0.2) is 0 Å². The van der Waals surface area contributed by atoms with Crippen molar-refractivity contribution in [3.63, 3.8) is 0 Å². The van der Waals surface area contributed by atoms with Crippen molar-refractivity contribution in [2.45, 2.75) is 65.2 Å². The topological polar surface area (TPSA) is 20.2 Å². The lowest BCUT2D eigenvalue weighted by Gasteiger charge is -2.55. The third-order valence-electron chi connectivity index (χ3n) is 6.41. The minimum absolute atomic E-state index is 0.249. The molecule has 2 bridgehead atoms. The highest BCUT2D eigenvalue weighted by atomic mass is 16.3. The molecule has 16 heavy (non-hydrogen) atoms. The molecule has 0 saturated heterocycles. The third kappa shape index (κ3) is 1.33. The maximum atomic E-state index is 9.72. The zero-order valence-corrected chi connectivity index (χ0v) is 10.9. The van der Waals surface area contributed by atoms with Gasteiger partial charge in [0.2, 0.25) is 0 Å². The van der Waals surface area contributed by atoms with Gasteiger partial charge in [0.15, 0.2) is 0 Å². The Labute approximate surface area is 99.6 Å². The van der Waals surface area contributed by atoms with E-state index in [-0.39, 0.29) is 5.41 Å². The van der Waals surface area contributed by atoms with Crippen LogP contribution in [0.2, 0.25) is 0 Å². The molecule has 3 rings (SSSR count). The lowest BCUT2D eigenvalue weighted by atomic mass is 9.50. The first-order valence-corrected chi connectivity index (χ1v) is 7.13. The van der Waals surface area contributed by atoms with E-state index >= 15 is 0 Å². The second-order valence-electron chi connectivity index (χ2n) is 7.61. The van der Waals surface area contributed by atoms with Gasteiger partial charge in [-0.1, -0.05) is 20.3 Å². The fourth-order valence-electron chi connectivity index (χ4n) is 5.58. The van der Waals surface area contributed by atoms with Crippen LogP contribution in [0.1, 0.15) is 65.2 Å². The van der Waals surface area contributed by atoms with E-state index in [1.165, 1.54) is 51.4 Å². The molecule has 0 unspecified atom stereocenters. The quantitative estimate of drug-likeness (QED) is 0.716. The van der Waals surface area contributed by atoms with E-state index in [0.717, 1.165) is 5.92 Å². The van der Waals surface area contributed by atoms with Crippen LogP contribution < -0.4 is 0 Å². The molecule has 1 N–H and O–H groups in total. The van der Waals surface area contributed by atoms with Crippen LogP contribution in [0, 0.1) is 22.2 Å². The van der Waals surface area contributed by atoms with E-state index < -0.39 is 0 Å². The van der Waals surface area contributed by atoms with Crippen molar-refractivity contribution >= 4 is 0 Å². The SMILES string of the molecule is C[C@]12CCC[C@@]3(CC[C@](C)(CO)[C@@H]3CC1)C2. The summed E-state index contributed by atoms with van der Waals surface area (Å²) in [5.74, 6) is 0.818. The van der Waals surface area contributed by atoms with Crippen LogP contribution in [0.25, 0.3) is 0 Å². The molecule has 0 aromatic heterocycles. The Balaban J connectivity index is 1.93. The Kier molecular flexibility index (Phi) is 2.25. The fourth-order valence-corrected chi connectivity index (χ4v) is 5.58. The summed E-state index contributed by atoms with van der Waals surface area (Å²) in [6, 6.07) is 0. The van der Waals surface area contributed by atoms with Gasteiger partial charge in [-0.15, -0.1) is 0 Å². The van der Waals surface area contributed by atoms with Crippen LogP contribution in [0.15, 0.2) is 0 Å². The number of aliphatic hydroxyl groups is 1. The van der Waals surface area contributed by atoms with Crippen LogP contribution in [0.3, 0.4) is 0 Å². The number of fused-ring (bicyclic) bond motifs is 1. The van der Waals surface area contributed by atoms with E-state index in [1.54, 1.807) is 0 Å². The summed E-state index contributed by atoms with van der Waals surface area (Å²) in [6.45, 7) is 5.26. The summed E-state index contributed by atoms with van der Waals surface area (Å²) in [6.07, 6.45) is 11.3. The second kappa shape index (κ2) is 3.25. The van der Waals surface area contributed by atoms with Gasteiger partial charge in [-0.05, 0) is 67.1 Å². The molecule has 1 spiro atoms. The Morgan fingerprint density at radius 3 is 2.62 bits per heavy atom. The van der Waals surface area contributed by atoms with Crippen LogP contribution in [-0.2, 0) is 0 Å². The summed E-state index contributed by atoms with van der Waals surface area (Å²) in [5, 5.41) is 9.72. The minimum Gasteiger partial charge on any atom is -0.396 e. The molecule has 1 heteroatoms. The monoisotopic (exact) mass is 222 g/mol. The molecule has 92 valence electrons. The molecular formula is C15H26O. The van der Waals surface area contributed by atoms with Crippen LogP contribution in [-0.4, -0.2) is 11.7 Å². The van der Waals surface area contributed by atoms with Crippen molar-refractivity contribution in [2.75, 3.05) is 6.61 Å². The molecule has 3 saturated carbocycles. The smallest absolute Gasteiger partial charge is 0.0487 e. The minimum atomic E-state index is 0.249. The fraction of sp³-hybridized carbons (Fsp3) is 1.00. The Morgan fingerprint density at radius 1 is 1.06 bits per heavy atom. The summed E-state index contributed by atoms with van der Waals surface area (Å²) in [7, 11) is 0. The molecule has 0 amide bonds. The van der Waals surface area contributed by atoms with E-state index in [4.69, 9.17) is 0 Å². The molecule has 3 aliphatic carbocycles.